The molecule has 28 heavy (non-hydrogen) atoms. The first-order valence-corrected chi connectivity index (χ1v) is 9.81. The second kappa shape index (κ2) is 9.83. The van der Waals surface area contributed by atoms with Crippen molar-refractivity contribution in [3.63, 3.8) is 0 Å². The van der Waals surface area contributed by atoms with Gasteiger partial charge in [-0.2, -0.15) is 4.98 Å². The van der Waals surface area contributed by atoms with Crippen LogP contribution in [-0.4, -0.2) is 34.0 Å². The summed E-state index contributed by atoms with van der Waals surface area (Å²) in [5.41, 5.74) is 2.11. The van der Waals surface area contributed by atoms with Crippen LogP contribution in [0.4, 0.5) is 0 Å². The lowest BCUT2D eigenvalue weighted by Gasteiger charge is -2.24. The molecule has 0 saturated carbocycles. The molecule has 3 aromatic rings. The highest BCUT2D eigenvalue weighted by Crippen LogP contribution is 2.15. The fourth-order valence-electron chi connectivity index (χ4n) is 3.10. The van der Waals surface area contributed by atoms with E-state index in [1.165, 1.54) is 5.56 Å². The number of carbonyl (C=O) groups excluding carboxylic acids is 1. The lowest BCUT2D eigenvalue weighted by Crippen LogP contribution is -2.36. The highest BCUT2D eigenvalue weighted by Gasteiger charge is 2.17. The van der Waals surface area contributed by atoms with Gasteiger partial charge in [0.25, 0.3) is 0 Å². The Balaban J connectivity index is 1.58. The van der Waals surface area contributed by atoms with Crippen LogP contribution in [0.5, 0.6) is 0 Å². The Labute approximate surface area is 166 Å². The number of carbonyl (C=O) groups is 1. The van der Waals surface area contributed by atoms with Crippen molar-refractivity contribution >= 4 is 5.91 Å². The van der Waals surface area contributed by atoms with E-state index in [0.29, 0.717) is 37.0 Å². The Bertz CT molecular complexity index is 860. The predicted molar refractivity (Wildman–Crippen MR) is 110 cm³/mol. The number of amides is 1. The molecule has 146 valence electrons. The highest BCUT2D eigenvalue weighted by molar-refractivity contribution is 5.76. The van der Waals surface area contributed by atoms with Crippen LogP contribution >= 0.6 is 0 Å². The van der Waals surface area contributed by atoms with Crippen molar-refractivity contribution in [3.05, 3.63) is 72.1 Å². The zero-order chi connectivity index (χ0) is 19.8. The van der Waals surface area contributed by atoms with Gasteiger partial charge in [-0.3, -0.25) is 4.79 Å². The third-order valence-corrected chi connectivity index (χ3v) is 4.50. The van der Waals surface area contributed by atoms with Crippen LogP contribution in [-0.2, 0) is 17.6 Å². The van der Waals surface area contributed by atoms with Crippen LogP contribution in [0.25, 0.3) is 11.4 Å². The van der Waals surface area contributed by atoms with E-state index in [2.05, 4.69) is 36.1 Å². The Morgan fingerprint density at radius 1 is 1.00 bits per heavy atom. The minimum absolute atomic E-state index is 0.167. The van der Waals surface area contributed by atoms with E-state index in [4.69, 9.17) is 4.52 Å². The second-order valence-corrected chi connectivity index (χ2v) is 7.35. The van der Waals surface area contributed by atoms with Crippen molar-refractivity contribution in [2.24, 2.45) is 5.92 Å². The lowest BCUT2D eigenvalue weighted by atomic mass is 10.1. The van der Waals surface area contributed by atoms with E-state index < -0.39 is 0 Å². The van der Waals surface area contributed by atoms with Gasteiger partial charge in [-0.25, -0.2) is 0 Å². The van der Waals surface area contributed by atoms with Gasteiger partial charge in [-0.1, -0.05) is 79.7 Å². The van der Waals surface area contributed by atoms with Crippen LogP contribution in [0.1, 0.15) is 31.7 Å². The minimum atomic E-state index is 0.167. The molecular weight excluding hydrogens is 350 g/mol. The zero-order valence-electron chi connectivity index (χ0n) is 16.5. The predicted octanol–water partition coefficient (Wildman–Crippen LogP) is 4.40. The second-order valence-electron chi connectivity index (χ2n) is 7.35. The number of benzene rings is 2. The number of aryl methyl sites for hydroxylation is 1. The van der Waals surface area contributed by atoms with Crippen molar-refractivity contribution in [2.45, 2.75) is 33.1 Å². The molecule has 0 spiro atoms. The number of hydrogen-bond acceptors (Lipinski definition) is 4. The first-order chi connectivity index (χ1) is 13.6. The van der Waals surface area contributed by atoms with Gasteiger partial charge >= 0.3 is 0 Å². The van der Waals surface area contributed by atoms with Gasteiger partial charge in [0.05, 0.1) is 0 Å². The number of hydrogen-bond donors (Lipinski definition) is 0. The molecule has 0 radical (unpaired) electrons. The molecule has 5 nitrogen and oxygen atoms in total. The maximum Gasteiger partial charge on any atom is 0.228 e. The van der Waals surface area contributed by atoms with Gasteiger partial charge in [0.15, 0.2) is 0 Å². The lowest BCUT2D eigenvalue weighted by molar-refractivity contribution is -0.131. The average Bonchev–Trinajstić information content (AvgIpc) is 3.19. The molecule has 0 aliphatic heterocycles. The minimum Gasteiger partial charge on any atom is -0.342 e. The average molecular weight is 377 g/mol. The Morgan fingerprint density at radius 3 is 2.36 bits per heavy atom. The fraction of sp³-hybridized carbons (Fsp3) is 0.348. The molecule has 1 heterocycles. The maximum absolute atomic E-state index is 12.8. The number of aromatic nitrogens is 2. The molecule has 3 rings (SSSR count). The molecule has 0 fully saturated rings. The molecule has 5 heteroatoms. The van der Waals surface area contributed by atoms with E-state index in [-0.39, 0.29) is 5.91 Å². The SMILES string of the molecule is CC(C)CN(CCc1nc(-c2ccccc2)no1)C(=O)CCc1ccccc1. The van der Waals surface area contributed by atoms with Gasteiger partial charge in [0.1, 0.15) is 0 Å². The first-order valence-electron chi connectivity index (χ1n) is 9.81. The molecule has 0 bridgehead atoms. The molecule has 0 aliphatic carbocycles. The quantitative estimate of drug-likeness (QED) is 0.555. The van der Waals surface area contributed by atoms with Crippen LogP contribution in [0.3, 0.4) is 0 Å². The smallest absolute Gasteiger partial charge is 0.228 e. The van der Waals surface area contributed by atoms with Gasteiger partial charge in [-0.05, 0) is 17.9 Å². The van der Waals surface area contributed by atoms with Crippen LogP contribution in [0.15, 0.2) is 65.2 Å². The van der Waals surface area contributed by atoms with Crippen LogP contribution in [0.2, 0.25) is 0 Å². The Kier molecular flexibility index (Phi) is 6.95. The van der Waals surface area contributed by atoms with Crippen molar-refractivity contribution in [1.82, 2.24) is 15.0 Å². The van der Waals surface area contributed by atoms with Crippen molar-refractivity contribution < 1.29 is 9.32 Å². The summed E-state index contributed by atoms with van der Waals surface area (Å²) in [5.74, 6) is 1.72. The van der Waals surface area contributed by atoms with Crippen molar-refractivity contribution in [3.8, 4) is 11.4 Å². The normalized spacial score (nSPS) is 11.0. The monoisotopic (exact) mass is 377 g/mol. The van der Waals surface area contributed by atoms with Gasteiger partial charge in [0, 0.05) is 31.5 Å². The summed E-state index contributed by atoms with van der Waals surface area (Å²) in [6, 6.07) is 19.9. The molecule has 1 aromatic heterocycles. The summed E-state index contributed by atoms with van der Waals surface area (Å²) < 4.78 is 5.38. The third kappa shape index (κ3) is 5.78. The molecule has 0 aliphatic rings. The topological polar surface area (TPSA) is 59.2 Å². The van der Waals surface area contributed by atoms with E-state index in [1.54, 1.807) is 0 Å². The van der Waals surface area contributed by atoms with Crippen LogP contribution < -0.4 is 0 Å². The standard InChI is InChI=1S/C23H27N3O2/c1-18(2)17-26(22(27)14-13-19-9-5-3-6-10-19)16-15-21-24-23(25-28-21)20-11-7-4-8-12-20/h3-12,18H,13-17H2,1-2H3. The first kappa shape index (κ1) is 19.8. The zero-order valence-corrected chi connectivity index (χ0v) is 16.5. The number of rotatable bonds is 9. The molecule has 0 N–H and O–H groups in total. The van der Waals surface area contributed by atoms with E-state index in [0.717, 1.165) is 18.5 Å². The van der Waals surface area contributed by atoms with Gasteiger partial charge in [-0.15, -0.1) is 0 Å². The van der Waals surface area contributed by atoms with Gasteiger partial charge < -0.3 is 9.42 Å². The molecule has 0 saturated heterocycles. The molecular formula is C23H27N3O2. The summed E-state index contributed by atoms with van der Waals surface area (Å²) in [4.78, 5) is 19.1. The van der Waals surface area contributed by atoms with E-state index in [9.17, 15) is 4.79 Å². The third-order valence-electron chi connectivity index (χ3n) is 4.50. The summed E-state index contributed by atoms with van der Waals surface area (Å²) in [6.45, 7) is 5.56. The maximum atomic E-state index is 12.8. The molecule has 0 atom stereocenters. The molecule has 1 amide bonds. The van der Waals surface area contributed by atoms with Crippen LogP contribution in [0, 0.1) is 5.92 Å². The molecule has 2 aromatic carbocycles. The highest BCUT2D eigenvalue weighted by atomic mass is 16.5. The van der Waals surface area contributed by atoms with Crippen molar-refractivity contribution in [2.75, 3.05) is 13.1 Å². The number of nitrogens with zero attached hydrogens (tertiary/aromatic N) is 3. The van der Waals surface area contributed by atoms with E-state index >= 15 is 0 Å². The summed E-state index contributed by atoms with van der Waals surface area (Å²) in [5, 5.41) is 4.06. The largest absolute Gasteiger partial charge is 0.342 e. The Hall–Kier alpha value is -2.95. The van der Waals surface area contributed by atoms with E-state index in [1.807, 2.05) is 53.4 Å². The summed E-state index contributed by atoms with van der Waals surface area (Å²) in [6.07, 6.45) is 1.83. The van der Waals surface area contributed by atoms with Crippen molar-refractivity contribution in [1.29, 1.82) is 0 Å². The Morgan fingerprint density at radius 2 is 1.68 bits per heavy atom. The summed E-state index contributed by atoms with van der Waals surface area (Å²) >= 11 is 0. The fourth-order valence-corrected chi connectivity index (χ4v) is 3.10. The van der Waals surface area contributed by atoms with Gasteiger partial charge in [0.2, 0.25) is 17.6 Å². The molecule has 0 unspecified atom stereocenters. The summed E-state index contributed by atoms with van der Waals surface area (Å²) in [7, 11) is 0.